The lowest BCUT2D eigenvalue weighted by atomic mass is 9.94. The fourth-order valence-electron chi connectivity index (χ4n) is 2.76. The van der Waals surface area contributed by atoms with Crippen LogP contribution in [0.4, 0.5) is 0 Å². The number of nitrogens with zero attached hydrogens (tertiary/aromatic N) is 2. The Bertz CT molecular complexity index is 696. The van der Waals surface area contributed by atoms with Crippen molar-refractivity contribution in [3.8, 4) is 5.75 Å². The van der Waals surface area contributed by atoms with Gasteiger partial charge in [-0.2, -0.15) is 0 Å². The molecular formula is C17H20N2O2S. The van der Waals surface area contributed by atoms with Crippen LogP contribution in [0.1, 0.15) is 45.3 Å². The normalized spacial score (nSPS) is 17.2. The van der Waals surface area contributed by atoms with Crippen LogP contribution in [0.25, 0.3) is 0 Å². The van der Waals surface area contributed by atoms with E-state index in [-0.39, 0.29) is 11.9 Å². The van der Waals surface area contributed by atoms with E-state index >= 15 is 0 Å². The summed E-state index contributed by atoms with van der Waals surface area (Å²) in [5, 5.41) is 1.03. The number of benzene rings is 1. The molecular weight excluding hydrogens is 296 g/mol. The number of ether oxygens (including phenoxy) is 1. The summed E-state index contributed by atoms with van der Waals surface area (Å²) in [5.41, 5.74) is 1.99. The number of thiazole rings is 1. The molecule has 0 bridgehead atoms. The Hall–Kier alpha value is -1.88. The van der Waals surface area contributed by atoms with Crippen LogP contribution in [0.5, 0.6) is 5.75 Å². The van der Waals surface area contributed by atoms with Crippen LogP contribution < -0.4 is 4.74 Å². The Morgan fingerprint density at radius 1 is 1.50 bits per heavy atom. The highest BCUT2D eigenvalue weighted by molar-refractivity contribution is 7.13. The Morgan fingerprint density at radius 2 is 2.32 bits per heavy atom. The van der Waals surface area contributed by atoms with Crippen LogP contribution in [0.15, 0.2) is 24.3 Å². The predicted octanol–water partition coefficient (Wildman–Crippen LogP) is 3.61. The van der Waals surface area contributed by atoms with Gasteiger partial charge in [0.2, 0.25) is 0 Å². The quantitative estimate of drug-likeness (QED) is 0.865. The lowest BCUT2D eigenvalue weighted by Gasteiger charge is -2.41. The molecule has 1 aliphatic rings. The summed E-state index contributed by atoms with van der Waals surface area (Å²) in [7, 11) is 1.66. The smallest absolute Gasteiger partial charge is 0.266 e. The van der Waals surface area contributed by atoms with E-state index in [4.69, 9.17) is 4.74 Å². The molecule has 1 aromatic heterocycles. The minimum atomic E-state index is 0.105. The minimum Gasteiger partial charge on any atom is -0.497 e. The molecule has 1 saturated heterocycles. The first-order valence-electron chi connectivity index (χ1n) is 7.55. The number of hydrogen-bond donors (Lipinski definition) is 0. The van der Waals surface area contributed by atoms with E-state index < -0.39 is 0 Å². The van der Waals surface area contributed by atoms with Crippen LogP contribution in [0.3, 0.4) is 0 Å². The first-order chi connectivity index (χ1) is 10.6. The molecule has 1 fully saturated rings. The SMILES string of the molecule is CCc1nc(C)c(C(=O)N2CCC2c2cccc(OC)c2)s1. The fraction of sp³-hybridized carbons (Fsp3) is 0.412. The minimum absolute atomic E-state index is 0.105. The molecule has 2 heterocycles. The third-order valence-electron chi connectivity index (χ3n) is 4.10. The summed E-state index contributed by atoms with van der Waals surface area (Å²) >= 11 is 1.52. The van der Waals surface area contributed by atoms with Gasteiger partial charge in [-0.25, -0.2) is 4.98 Å². The molecule has 1 aromatic carbocycles. The van der Waals surface area contributed by atoms with Crippen molar-refractivity contribution in [3.63, 3.8) is 0 Å². The first kappa shape index (κ1) is 15.0. The number of carbonyl (C=O) groups is 1. The predicted molar refractivity (Wildman–Crippen MR) is 87.6 cm³/mol. The summed E-state index contributed by atoms with van der Waals surface area (Å²) in [6, 6.07) is 8.12. The molecule has 0 radical (unpaired) electrons. The Kier molecular flexibility index (Phi) is 4.16. The average molecular weight is 316 g/mol. The van der Waals surface area contributed by atoms with Gasteiger partial charge in [0.1, 0.15) is 10.6 Å². The molecule has 3 rings (SSSR count). The van der Waals surface area contributed by atoms with Crippen LogP contribution in [-0.4, -0.2) is 29.4 Å². The van der Waals surface area contributed by atoms with Crippen molar-refractivity contribution in [2.24, 2.45) is 0 Å². The Morgan fingerprint density at radius 3 is 2.91 bits per heavy atom. The van der Waals surface area contributed by atoms with Gasteiger partial charge in [0.15, 0.2) is 0 Å². The molecule has 4 nitrogen and oxygen atoms in total. The van der Waals surface area contributed by atoms with Gasteiger partial charge in [-0.3, -0.25) is 4.79 Å². The number of carbonyl (C=O) groups excluding carboxylic acids is 1. The van der Waals surface area contributed by atoms with Gasteiger partial charge in [-0.15, -0.1) is 11.3 Å². The van der Waals surface area contributed by atoms with Crippen molar-refractivity contribution >= 4 is 17.2 Å². The number of amides is 1. The summed E-state index contributed by atoms with van der Waals surface area (Å²) in [5.74, 6) is 0.938. The van der Waals surface area contributed by atoms with Crippen LogP contribution in [-0.2, 0) is 6.42 Å². The second-order valence-corrected chi connectivity index (χ2v) is 6.54. The highest BCUT2D eigenvalue weighted by Gasteiger charge is 2.35. The van der Waals surface area contributed by atoms with E-state index in [9.17, 15) is 4.79 Å². The zero-order valence-electron chi connectivity index (χ0n) is 13.1. The van der Waals surface area contributed by atoms with Crippen molar-refractivity contribution in [2.75, 3.05) is 13.7 Å². The lowest BCUT2D eigenvalue weighted by Crippen LogP contribution is -2.45. The maximum atomic E-state index is 12.8. The molecule has 22 heavy (non-hydrogen) atoms. The largest absolute Gasteiger partial charge is 0.497 e. The van der Waals surface area contributed by atoms with E-state index in [2.05, 4.69) is 18.0 Å². The second-order valence-electron chi connectivity index (χ2n) is 5.46. The van der Waals surface area contributed by atoms with Gasteiger partial charge in [-0.1, -0.05) is 19.1 Å². The highest BCUT2D eigenvalue weighted by Crippen LogP contribution is 2.37. The number of hydrogen-bond acceptors (Lipinski definition) is 4. The molecule has 0 N–H and O–H groups in total. The third-order valence-corrected chi connectivity index (χ3v) is 5.39. The van der Waals surface area contributed by atoms with Gasteiger partial charge in [0.25, 0.3) is 5.91 Å². The van der Waals surface area contributed by atoms with Crippen LogP contribution in [0.2, 0.25) is 0 Å². The fourth-order valence-corrected chi connectivity index (χ4v) is 3.72. The molecule has 0 saturated carbocycles. The average Bonchev–Trinajstić information content (AvgIpc) is 2.87. The van der Waals surface area contributed by atoms with Gasteiger partial charge in [0.05, 0.1) is 23.9 Å². The molecule has 116 valence electrons. The van der Waals surface area contributed by atoms with Gasteiger partial charge in [-0.05, 0) is 37.5 Å². The monoisotopic (exact) mass is 316 g/mol. The van der Waals surface area contributed by atoms with Crippen molar-refractivity contribution in [2.45, 2.75) is 32.7 Å². The number of aromatic nitrogens is 1. The maximum absolute atomic E-state index is 12.8. The van der Waals surface area contributed by atoms with Crippen molar-refractivity contribution in [1.29, 1.82) is 0 Å². The Balaban J connectivity index is 1.82. The molecule has 2 aromatic rings. The summed E-state index contributed by atoms with van der Waals surface area (Å²) in [6.07, 6.45) is 1.87. The van der Waals surface area contributed by atoms with Crippen molar-refractivity contribution in [3.05, 3.63) is 45.4 Å². The van der Waals surface area contributed by atoms with Crippen LogP contribution in [0, 0.1) is 6.92 Å². The molecule has 0 aliphatic carbocycles. The van der Waals surface area contributed by atoms with E-state index in [0.717, 1.165) is 46.3 Å². The molecule has 1 unspecified atom stereocenters. The summed E-state index contributed by atoms with van der Waals surface area (Å²) in [4.78, 5) is 20.0. The summed E-state index contributed by atoms with van der Waals surface area (Å²) < 4.78 is 5.28. The molecule has 0 spiro atoms. The maximum Gasteiger partial charge on any atom is 0.266 e. The van der Waals surface area contributed by atoms with E-state index in [0.29, 0.717) is 0 Å². The third kappa shape index (κ3) is 2.61. The molecule has 1 amide bonds. The number of rotatable bonds is 4. The Labute approximate surface area is 134 Å². The standard InChI is InChI=1S/C17H20N2O2S/c1-4-15-18-11(2)16(22-15)17(20)19-9-8-14(19)12-6-5-7-13(10-12)21-3/h5-7,10,14H,4,8-9H2,1-3H3. The number of methoxy groups -OCH3 is 1. The van der Waals surface area contributed by atoms with Crippen LogP contribution >= 0.6 is 11.3 Å². The first-order valence-corrected chi connectivity index (χ1v) is 8.37. The number of aryl methyl sites for hydroxylation is 2. The zero-order valence-corrected chi connectivity index (χ0v) is 13.9. The topological polar surface area (TPSA) is 42.4 Å². The highest BCUT2D eigenvalue weighted by atomic mass is 32.1. The molecule has 1 atom stereocenters. The summed E-state index contributed by atoms with van der Waals surface area (Å²) in [6.45, 7) is 4.79. The van der Waals surface area contributed by atoms with E-state index in [1.54, 1.807) is 7.11 Å². The number of likely N-dealkylation sites (tertiary alicyclic amines) is 1. The second kappa shape index (κ2) is 6.08. The van der Waals surface area contributed by atoms with E-state index in [1.807, 2.05) is 30.0 Å². The molecule has 5 heteroatoms. The zero-order chi connectivity index (χ0) is 15.7. The van der Waals surface area contributed by atoms with Crippen molar-refractivity contribution < 1.29 is 9.53 Å². The van der Waals surface area contributed by atoms with Gasteiger partial charge < -0.3 is 9.64 Å². The lowest BCUT2D eigenvalue weighted by molar-refractivity contribution is 0.0464. The van der Waals surface area contributed by atoms with Crippen molar-refractivity contribution in [1.82, 2.24) is 9.88 Å². The van der Waals surface area contributed by atoms with Gasteiger partial charge in [0, 0.05) is 6.54 Å². The molecule has 1 aliphatic heterocycles. The van der Waals surface area contributed by atoms with E-state index in [1.165, 1.54) is 11.3 Å². The van der Waals surface area contributed by atoms with Gasteiger partial charge >= 0.3 is 0 Å².